The van der Waals surface area contributed by atoms with Crippen LogP contribution >= 0.6 is 11.8 Å². The van der Waals surface area contributed by atoms with Crippen molar-refractivity contribution >= 4 is 11.8 Å². The summed E-state index contributed by atoms with van der Waals surface area (Å²) in [4.78, 5) is 0. The van der Waals surface area contributed by atoms with E-state index in [9.17, 15) is 0 Å². The van der Waals surface area contributed by atoms with Crippen LogP contribution in [0.15, 0.2) is 60.7 Å². The first-order valence-electron chi connectivity index (χ1n) is 7.78. The molecule has 1 N–H and O–H groups in total. The third kappa shape index (κ3) is 3.69. The Balaban J connectivity index is 1.85. The lowest BCUT2D eigenvalue weighted by atomic mass is 9.85. The molecule has 1 heterocycles. The molecule has 2 aromatic rings. The van der Waals surface area contributed by atoms with E-state index in [1.54, 1.807) is 0 Å². The van der Waals surface area contributed by atoms with E-state index in [0.717, 1.165) is 0 Å². The molecule has 3 rings (SSSR count). The van der Waals surface area contributed by atoms with Gasteiger partial charge >= 0.3 is 0 Å². The lowest BCUT2D eigenvalue weighted by molar-refractivity contribution is 0.440. The van der Waals surface area contributed by atoms with Gasteiger partial charge in [-0.3, -0.25) is 0 Å². The number of thioether (sulfide) groups is 1. The molecular formula is C19H23NS. The van der Waals surface area contributed by atoms with Crippen LogP contribution < -0.4 is 5.32 Å². The Morgan fingerprint density at radius 3 is 2.00 bits per heavy atom. The predicted molar refractivity (Wildman–Crippen MR) is 93.1 cm³/mol. The number of hydrogen-bond acceptors (Lipinski definition) is 2. The van der Waals surface area contributed by atoms with Crippen molar-refractivity contribution in [2.75, 3.05) is 11.5 Å². The zero-order valence-corrected chi connectivity index (χ0v) is 13.4. The lowest BCUT2D eigenvalue weighted by Gasteiger charge is -2.28. The average molecular weight is 297 g/mol. The van der Waals surface area contributed by atoms with Gasteiger partial charge < -0.3 is 5.32 Å². The second kappa shape index (κ2) is 7.15. The van der Waals surface area contributed by atoms with Crippen LogP contribution in [0.5, 0.6) is 0 Å². The molecule has 1 aliphatic heterocycles. The molecule has 1 saturated heterocycles. The molecular weight excluding hydrogens is 274 g/mol. The molecule has 0 aliphatic carbocycles. The second-order valence-corrected chi connectivity index (χ2v) is 6.96. The summed E-state index contributed by atoms with van der Waals surface area (Å²) < 4.78 is 0. The van der Waals surface area contributed by atoms with Crippen molar-refractivity contribution < 1.29 is 0 Å². The topological polar surface area (TPSA) is 12.0 Å². The number of hydrogen-bond donors (Lipinski definition) is 1. The normalized spacial score (nSPS) is 19.8. The van der Waals surface area contributed by atoms with E-state index in [1.165, 1.54) is 29.1 Å². The first kappa shape index (κ1) is 14.7. The fraction of sp³-hybridized carbons (Fsp3) is 0.368. The Morgan fingerprint density at radius 2 is 1.52 bits per heavy atom. The fourth-order valence-electron chi connectivity index (χ4n) is 3.22. The highest BCUT2D eigenvalue weighted by atomic mass is 32.2. The summed E-state index contributed by atoms with van der Waals surface area (Å²) in [6, 6.07) is 22.9. The highest BCUT2D eigenvalue weighted by Crippen LogP contribution is 2.29. The highest BCUT2D eigenvalue weighted by Gasteiger charge is 2.25. The summed E-state index contributed by atoms with van der Waals surface area (Å²) in [5.74, 6) is 2.96. The smallest absolute Gasteiger partial charge is 0.0240 e. The van der Waals surface area contributed by atoms with Crippen LogP contribution in [0.25, 0.3) is 0 Å². The standard InChI is InChI=1S/C19H23NS/c1-15(20-18-12-13-21-14-18)19(16-8-4-2-5-9-16)17-10-6-3-7-11-17/h2-11,15,18-20H,12-14H2,1H3. The van der Waals surface area contributed by atoms with Crippen molar-refractivity contribution in [3.05, 3.63) is 71.8 Å². The van der Waals surface area contributed by atoms with Gasteiger partial charge in [-0.2, -0.15) is 11.8 Å². The summed E-state index contributed by atoms with van der Waals surface area (Å²) in [7, 11) is 0. The Morgan fingerprint density at radius 1 is 0.952 bits per heavy atom. The number of nitrogens with one attached hydrogen (secondary N) is 1. The predicted octanol–water partition coefficient (Wildman–Crippen LogP) is 4.30. The van der Waals surface area contributed by atoms with Crippen molar-refractivity contribution in [1.82, 2.24) is 5.32 Å². The summed E-state index contributed by atoms with van der Waals surface area (Å²) in [5.41, 5.74) is 2.80. The van der Waals surface area contributed by atoms with Gasteiger partial charge in [-0.15, -0.1) is 0 Å². The van der Waals surface area contributed by atoms with Crippen LogP contribution in [-0.4, -0.2) is 23.6 Å². The SMILES string of the molecule is CC(NC1CCSC1)C(c1ccccc1)c1ccccc1. The van der Waals surface area contributed by atoms with Gasteiger partial charge in [0.25, 0.3) is 0 Å². The maximum absolute atomic E-state index is 3.86. The van der Waals surface area contributed by atoms with Crippen LogP contribution in [-0.2, 0) is 0 Å². The summed E-state index contributed by atoms with van der Waals surface area (Å²) in [6.07, 6.45) is 1.30. The summed E-state index contributed by atoms with van der Waals surface area (Å²) >= 11 is 2.07. The zero-order valence-electron chi connectivity index (χ0n) is 12.5. The van der Waals surface area contributed by atoms with Crippen molar-refractivity contribution in [2.45, 2.75) is 31.3 Å². The van der Waals surface area contributed by atoms with Gasteiger partial charge in [0.05, 0.1) is 0 Å². The molecule has 2 atom stereocenters. The second-order valence-electron chi connectivity index (χ2n) is 5.81. The number of benzene rings is 2. The van der Waals surface area contributed by atoms with Gasteiger partial charge in [-0.05, 0) is 30.2 Å². The minimum atomic E-state index is 0.415. The highest BCUT2D eigenvalue weighted by molar-refractivity contribution is 7.99. The van der Waals surface area contributed by atoms with Crippen LogP contribution in [0.2, 0.25) is 0 Å². The molecule has 1 aliphatic rings. The Labute approximate surface area is 132 Å². The van der Waals surface area contributed by atoms with E-state index in [2.05, 4.69) is 84.7 Å². The van der Waals surface area contributed by atoms with Crippen molar-refractivity contribution in [3.63, 3.8) is 0 Å². The van der Waals surface area contributed by atoms with Gasteiger partial charge in [-0.1, -0.05) is 60.7 Å². The van der Waals surface area contributed by atoms with Gasteiger partial charge in [0.2, 0.25) is 0 Å². The third-order valence-electron chi connectivity index (χ3n) is 4.25. The molecule has 0 radical (unpaired) electrons. The molecule has 110 valence electrons. The van der Waals surface area contributed by atoms with E-state index >= 15 is 0 Å². The average Bonchev–Trinajstić information content (AvgIpc) is 3.02. The molecule has 0 spiro atoms. The molecule has 2 unspecified atom stereocenters. The summed E-state index contributed by atoms with van der Waals surface area (Å²) in [5, 5.41) is 3.86. The molecule has 0 saturated carbocycles. The maximum atomic E-state index is 3.86. The largest absolute Gasteiger partial charge is 0.310 e. The van der Waals surface area contributed by atoms with Crippen molar-refractivity contribution in [3.8, 4) is 0 Å². The quantitative estimate of drug-likeness (QED) is 0.883. The van der Waals surface area contributed by atoms with E-state index in [1.807, 2.05) is 0 Å². The van der Waals surface area contributed by atoms with Crippen LogP contribution in [0.3, 0.4) is 0 Å². The monoisotopic (exact) mass is 297 g/mol. The summed E-state index contributed by atoms with van der Waals surface area (Å²) in [6.45, 7) is 2.33. The Bertz CT molecular complexity index is 495. The Hall–Kier alpha value is -1.25. The molecule has 2 heteroatoms. The minimum Gasteiger partial charge on any atom is -0.310 e. The van der Waals surface area contributed by atoms with Gasteiger partial charge in [-0.25, -0.2) is 0 Å². The van der Waals surface area contributed by atoms with E-state index in [4.69, 9.17) is 0 Å². The van der Waals surface area contributed by atoms with Gasteiger partial charge in [0.1, 0.15) is 0 Å². The molecule has 0 aromatic heterocycles. The first-order valence-corrected chi connectivity index (χ1v) is 8.94. The fourth-order valence-corrected chi connectivity index (χ4v) is 4.39. The van der Waals surface area contributed by atoms with E-state index in [0.29, 0.717) is 18.0 Å². The molecule has 2 aromatic carbocycles. The van der Waals surface area contributed by atoms with Crippen LogP contribution in [0.1, 0.15) is 30.4 Å². The van der Waals surface area contributed by atoms with Crippen LogP contribution in [0, 0.1) is 0 Å². The van der Waals surface area contributed by atoms with E-state index in [-0.39, 0.29) is 0 Å². The van der Waals surface area contributed by atoms with Crippen molar-refractivity contribution in [2.24, 2.45) is 0 Å². The van der Waals surface area contributed by atoms with Gasteiger partial charge in [0.15, 0.2) is 0 Å². The lowest BCUT2D eigenvalue weighted by Crippen LogP contribution is -2.40. The molecule has 1 fully saturated rings. The van der Waals surface area contributed by atoms with Crippen LogP contribution in [0.4, 0.5) is 0 Å². The minimum absolute atomic E-state index is 0.415. The van der Waals surface area contributed by atoms with Crippen molar-refractivity contribution in [1.29, 1.82) is 0 Å². The Kier molecular flexibility index (Phi) is 5.00. The molecule has 21 heavy (non-hydrogen) atoms. The number of rotatable bonds is 5. The van der Waals surface area contributed by atoms with E-state index < -0.39 is 0 Å². The molecule has 0 amide bonds. The first-order chi connectivity index (χ1) is 10.3. The molecule has 1 nitrogen and oxygen atoms in total. The third-order valence-corrected chi connectivity index (χ3v) is 5.41. The van der Waals surface area contributed by atoms with Gasteiger partial charge in [0, 0.05) is 23.8 Å². The molecule has 0 bridgehead atoms. The maximum Gasteiger partial charge on any atom is 0.0240 e. The zero-order chi connectivity index (χ0) is 14.5.